The van der Waals surface area contributed by atoms with Crippen molar-refractivity contribution in [1.29, 1.82) is 0 Å². The van der Waals surface area contributed by atoms with E-state index >= 15 is 0 Å². The van der Waals surface area contributed by atoms with Crippen molar-refractivity contribution in [1.82, 2.24) is 15.0 Å². The number of rotatable bonds is 6. The van der Waals surface area contributed by atoms with E-state index in [-0.39, 0.29) is 30.0 Å². The highest BCUT2D eigenvalue weighted by atomic mass is 16.5. The van der Waals surface area contributed by atoms with Crippen molar-refractivity contribution in [3.8, 4) is 0 Å². The molecule has 1 heterocycles. The summed E-state index contributed by atoms with van der Waals surface area (Å²) in [6.07, 6.45) is -0.307. The smallest absolute Gasteiger partial charge is 0.335 e. The summed E-state index contributed by atoms with van der Waals surface area (Å²) in [5.74, 6) is -0.737. The Bertz CT molecular complexity index is 756. The Kier molecular flexibility index (Phi) is 5.30. The van der Waals surface area contributed by atoms with Crippen LogP contribution >= 0.6 is 0 Å². The van der Waals surface area contributed by atoms with Crippen molar-refractivity contribution in [2.24, 2.45) is 0 Å². The molecule has 0 aliphatic rings. The first kappa shape index (κ1) is 17.6. The Morgan fingerprint density at radius 2 is 2.00 bits per heavy atom. The second-order valence-electron chi connectivity index (χ2n) is 5.48. The fourth-order valence-corrected chi connectivity index (χ4v) is 2.13. The van der Waals surface area contributed by atoms with E-state index in [4.69, 9.17) is 14.4 Å². The lowest BCUT2D eigenvalue weighted by Crippen LogP contribution is -2.26. The molecule has 8 nitrogen and oxygen atoms in total. The van der Waals surface area contributed by atoms with Gasteiger partial charge in [0.15, 0.2) is 5.82 Å². The van der Waals surface area contributed by atoms with Crippen molar-refractivity contribution < 1.29 is 24.0 Å². The topological polar surface area (TPSA) is 106 Å². The van der Waals surface area contributed by atoms with Crippen LogP contribution in [0.25, 0.3) is 0 Å². The van der Waals surface area contributed by atoms with Crippen LogP contribution in [0.2, 0.25) is 0 Å². The molecule has 2 aromatic rings. The van der Waals surface area contributed by atoms with Gasteiger partial charge in [-0.15, -0.1) is 0 Å². The number of methoxy groups -OCH3 is 1. The van der Waals surface area contributed by atoms with Gasteiger partial charge in [-0.05, 0) is 37.6 Å². The zero-order valence-corrected chi connectivity index (χ0v) is 13.9. The quantitative estimate of drug-likeness (QED) is 0.862. The number of carboxylic acids is 1. The summed E-state index contributed by atoms with van der Waals surface area (Å²) in [7, 11) is 3.11. The maximum absolute atomic E-state index is 12.5. The zero-order chi connectivity index (χ0) is 17.9. The lowest BCUT2D eigenvalue weighted by atomic mass is 10.1. The van der Waals surface area contributed by atoms with E-state index in [2.05, 4.69) is 10.1 Å². The minimum Gasteiger partial charge on any atom is -0.478 e. The van der Waals surface area contributed by atoms with Crippen molar-refractivity contribution in [2.75, 3.05) is 14.2 Å². The molecule has 0 saturated heterocycles. The third-order valence-electron chi connectivity index (χ3n) is 3.49. The summed E-state index contributed by atoms with van der Waals surface area (Å²) >= 11 is 0. The van der Waals surface area contributed by atoms with E-state index in [1.54, 1.807) is 27.0 Å². The summed E-state index contributed by atoms with van der Waals surface area (Å²) in [6, 6.07) is 4.49. The molecule has 2 rings (SSSR count). The van der Waals surface area contributed by atoms with Crippen LogP contribution in [0.15, 0.2) is 22.7 Å². The van der Waals surface area contributed by atoms with Gasteiger partial charge in [0.25, 0.3) is 5.91 Å². The standard InChI is InChI=1S/C16H19N3O5/c1-9-5-11(7-12(6-9)16(21)22)15(20)19(3)8-13-17-14(18-24-13)10(2)23-4/h5-7,10H,8H2,1-4H3,(H,21,22). The summed E-state index contributed by atoms with van der Waals surface area (Å²) in [4.78, 5) is 29.2. The Balaban J connectivity index is 2.15. The predicted molar refractivity (Wildman–Crippen MR) is 83.7 cm³/mol. The molecule has 0 fully saturated rings. The maximum atomic E-state index is 12.5. The number of amides is 1. The van der Waals surface area contributed by atoms with E-state index in [0.29, 0.717) is 17.0 Å². The van der Waals surface area contributed by atoms with Gasteiger partial charge >= 0.3 is 5.97 Å². The zero-order valence-electron chi connectivity index (χ0n) is 13.9. The fourth-order valence-electron chi connectivity index (χ4n) is 2.13. The number of aromatic carboxylic acids is 1. The van der Waals surface area contributed by atoms with Crippen LogP contribution in [0.1, 0.15) is 51.0 Å². The van der Waals surface area contributed by atoms with Gasteiger partial charge in [0.05, 0.1) is 12.1 Å². The van der Waals surface area contributed by atoms with Crippen LogP contribution in [0.5, 0.6) is 0 Å². The summed E-state index contributed by atoms with van der Waals surface area (Å²) in [6.45, 7) is 3.63. The normalized spacial score (nSPS) is 12.0. The van der Waals surface area contributed by atoms with E-state index < -0.39 is 5.97 Å². The van der Waals surface area contributed by atoms with Gasteiger partial charge in [-0.1, -0.05) is 5.16 Å². The lowest BCUT2D eigenvalue weighted by molar-refractivity contribution is 0.0696. The highest BCUT2D eigenvalue weighted by Gasteiger charge is 2.19. The van der Waals surface area contributed by atoms with E-state index in [1.165, 1.54) is 24.1 Å². The Morgan fingerprint density at radius 1 is 1.33 bits per heavy atom. The fraction of sp³-hybridized carbons (Fsp3) is 0.375. The molecule has 0 aliphatic heterocycles. The summed E-state index contributed by atoms with van der Waals surface area (Å²) in [5.41, 5.74) is 1.06. The second kappa shape index (κ2) is 7.22. The molecule has 1 aromatic carbocycles. The molecule has 1 unspecified atom stereocenters. The first-order chi connectivity index (χ1) is 11.3. The predicted octanol–water partition coefficient (Wildman–Crippen LogP) is 2.06. The monoisotopic (exact) mass is 333 g/mol. The van der Waals surface area contributed by atoms with Crippen LogP contribution < -0.4 is 0 Å². The molecule has 1 atom stereocenters. The van der Waals surface area contributed by atoms with E-state index in [0.717, 1.165) is 0 Å². The summed E-state index contributed by atoms with van der Waals surface area (Å²) < 4.78 is 10.2. The molecule has 0 spiro atoms. The third kappa shape index (κ3) is 3.96. The van der Waals surface area contributed by atoms with Gasteiger partial charge in [0.2, 0.25) is 5.89 Å². The Morgan fingerprint density at radius 3 is 2.62 bits per heavy atom. The average molecular weight is 333 g/mol. The minimum absolute atomic E-state index is 0.0701. The SMILES string of the molecule is COC(C)c1noc(CN(C)C(=O)c2cc(C)cc(C(=O)O)c2)n1. The Hall–Kier alpha value is -2.74. The number of nitrogens with zero attached hydrogens (tertiary/aromatic N) is 3. The molecular formula is C16H19N3O5. The molecule has 8 heteroatoms. The van der Waals surface area contributed by atoms with Gasteiger partial charge in [0.1, 0.15) is 6.10 Å². The molecule has 128 valence electrons. The van der Waals surface area contributed by atoms with Crippen LogP contribution in [0.3, 0.4) is 0 Å². The highest BCUT2D eigenvalue weighted by Crippen LogP contribution is 2.15. The lowest BCUT2D eigenvalue weighted by Gasteiger charge is -2.15. The molecule has 1 amide bonds. The molecule has 0 saturated carbocycles. The van der Waals surface area contributed by atoms with Crippen molar-refractivity contribution in [2.45, 2.75) is 26.5 Å². The average Bonchev–Trinajstić information content (AvgIpc) is 3.01. The minimum atomic E-state index is -1.08. The van der Waals surface area contributed by atoms with E-state index in [9.17, 15) is 9.59 Å². The number of ether oxygens (including phenoxy) is 1. The first-order valence-corrected chi connectivity index (χ1v) is 7.27. The second-order valence-corrected chi connectivity index (χ2v) is 5.48. The molecule has 0 radical (unpaired) electrons. The van der Waals surface area contributed by atoms with Gasteiger partial charge in [-0.2, -0.15) is 4.98 Å². The van der Waals surface area contributed by atoms with E-state index in [1.807, 2.05) is 0 Å². The number of aromatic nitrogens is 2. The molecule has 0 bridgehead atoms. The Labute approximate surface area is 139 Å². The maximum Gasteiger partial charge on any atom is 0.335 e. The number of carbonyl (C=O) groups is 2. The largest absolute Gasteiger partial charge is 0.478 e. The van der Waals surface area contributed by atoms with Gasteiger partial charge in [-0.3, -0.25) is 4.79 Å². The third-order valence-corrected chi connectivity index (χ3v) is 3.49. The number of benzene rings is 1. The number of hydrogen-bond donors (Lipinski definition) is 1. The molecule has 0 aliphatic carbocycles. The van der Waals surface area contributed by atoms with Gasteiger partial charge < -0.3 is 19.3 Å². The number of carboxylic acid groups (broad SMARTS) is 1. The highest BCUT2D eigenvalue weighted by molar-refractivity contribution is 5.97. The molecule has 1 aromatic heterocycles. The van der Waals surface area contributed by atoms with Crippen LogP contribution in [-0.2, 0) is 11.3 Å². The first-order valence-electron chi connectivity index (χ1n) is 7.27. The van der Waals surface area contributed by atoms with Crippen molar-refractivity contribution >= 4 is 11.9 Å². The number of carbonyl (C=O) groups excluding carboxylic acids is 1. The van der Waals surface area contributed by atoms with Gasteiger partial charge in [0, 0.05) is 19.7 Å². The number of aryl methyl sites for hydroxylation is 1. The van der Waals surface area contributed by atoms with Gasteiger partial charge in [-0.25, -0.2) is 4.79 Å². The number of hydrogen-bond acceptors (Lipinski definition) is 6. The van der Waals surface area contributed by atoms with Crippen LogP contribution in [0.4, 0.5) is 0 Å². The molecular weight excluding hydrogens is 314 g/mol. The van der Waals surface area contributed by atoms with Crippen LogP contribution in [-0.4, -0.2) is 46.2 Å². The molecule has 1 N–H and O–H groups in total. The van der Waals surface area contributed by atoms with Crippen molar-refractivity contribution in [3.05, 3.63) is 46.6 Å². The van der Waals surface area contributed by atoms with Crippen LogP contribution in [0, 0.1) is 6.92 Å². The summed E-state index contributed by atoms with van der Waals surface area (Å²) in [5, 5.41) is 12.9. The molecule has 24 heavy (non-hydrogen) atoms. The van der Waals surface area contributed by atoms with Crippen molar-refractivity contribution in [3.63, 3.8) is 0 Å².